The second-order valence-electron chi connectivity index (χ2n) is 4.58. The standard InChI is InChI=1S/C13H15BrFNO2/c1-7-5-9(14)10(15)6-11(7)16-13(17)12-4-3-8(2)18-12/h5-6,8,12H,3-4H2,1-2H3,(H,16,17). The van der Waals surface area contributed by atoms with E-state index in [4.69, 9.17) is 4.74 Å². The first kappa shape index (κ1) is 13.5. The lowest BCUT2D eigenvalue weighted by Crippen LogP contribution is -2.28. The van der Waals surface area contributed by atoms with Gasteiger partial charge in [-0.15, -0.1) is 0 Å². The minimum Gasteiger partial charge on any atom is -0.365 e. The Balaban J connectivity index is 2.09. The zero-order valence-electron chi connectivity index (χ0n) is 10.3. The van der Waals surface area contributed by atoms with Crippen molar-refractivity contribution in [3.8, 4) is 0 Å². The quantitative estimate of drug-likeness (QED) is 0.908. The molecule has 2 rings (SSSR count). The number of rotatable bonds is 2. The molecule has 1 amide bonds. The fourth-order valence-corrected chi connectivity index (χ4v) is 2.45. The first-order valence-electron chi connectivity index (χ1n) is 5.89. The third-order valence-corrected chi connectivity index (χ3v) is 3.66. The summed E-state index contributed by atoms with van der Waals surface area (Å²) in [5.41, 5.74) is 1.30. The summed E-state index contributed by atoms with van der Waals surface area (Å²) >= 11 is 3.11. The average Bonchev–Trinajstić information content (AvgIpc) is 2.73. The van der Waals surface area contributed by atoms with E-state index in [-0.39, 0.29) is 12.0 Å². The van der Waals surface area contributed by atoms with Crippen LogP contribution < -0.4 is 5.32 Å². The maximum absolute atomic E-state index is 13.4. The summed E-state index contributed by atoms with van der Waals surface area (Å²) in [5.74, 6) is -0.596. The van der Waals surface area contributed by atoms with Crippen LogP contribution in [0.3, 0.4) is 0 Å². The van der Waals surface area contributed by atoms with E-state index >= 15 is 0 Å². The first-order chi connectivity index (χ1) is 8.47. The Hall–Kier alpha value is -0.940. The molecule has 98 valence electrons. The van der Waals surface area contributed by atoms with Crippen LogP contribution >= 0.6 is 15.9 Å². The molecule has 1 N–H and O–H groups in total. The summed E-state index contributed by atoms with van der Waals surface area (Å²) in [4.78, 5) is 11.9. The predicted octanol–water partition coefficient (Wildman–Crippen LogP) is 3.40. The highest BCUT2D eigenvalue weighted by atomic mass is 79.9. The maximum atomic E-state index is 13.4. The molecular formula is C13H15BrFNO2. The van der Waals surface area contributed by atoms with Gasteiger partial charge < -0.3 is 10.1 Å². The molecule has 0 saturated carbocycles. The van der Waals surface area contributed by atoms with Crippen molar-refractivity contribution < 1.29 is 13.9 Å². The monoisotopic (exact) mass is 315 g/mol. The van der Waals surface area contributed by atoms with Crippen LogP contribution in [0.1, 0.15) is 25.3 Å². The van der Waals surface area contributed by atoms with E-state index in [0.717, 1.165) is 12.0 Å². The summed E-state index contributed by atoms with van der Waals surface area (Å²) in [7, 11) is 0. The molecule has 0 spiro atoms. The van der Waals surface area contributed by atoms with Gasteiger partial charge in [-0.3, -0.25) is 4.79 Å². The highest BCUT2D eigenvalue weighted by Gasteiger charge is 2.28. The molecule has 18 heavy (non-hydrogen) atoms. The smallest absolute Gasteiger partial charge is 0.253 e. The summed E-state index contributed by atoms with van der Waals surface area (Å²) < 4.78 is 19.3. The summed E-state index contributed by atoms with van der Waals surface area (Å²) in [6, 6.07) is 2.96. The zero-order chi connectivity index (χ0) is 13.3. The van der Waals surface area contributed by atoms with Crippen LogP contribution in [0.4, 0.5) is 10.1 Å². The van der Waals surface area contributed by atoms with Gasteiger partial charge in [0.05, 0.1) is 10.6 Å². The van der Waals surface area contributed by atoms with Crippen molar-refractivity contribution in [2.24, 2.45) is 0 Å². The van der Waals surface area contributed by atoms with E-state index in [9.17, 15) is 9.18 Å². The molecule has 0 bridgehead atoms. The number of ether oxygens (including phenoxy) is 1. The van der Waals surface area contributed by atoms with Gasteiger partial charge in [0.25, 0.3) is 5.91 Å². The summed E-state index contributed by atoms with van der Waals surface area (Å²) in [6.45, 7) is 3.76. The molecule has 0 radical (unpaired) electrons. The fourth-order valence-electron chi connectivity index (χ4n) is 1.99. The number of benzene rings is 1. The van der Waals surface area contributed by atoms with E-state index in [2.05, 4.69) is 21.2 Å². The van der Waals surface area contributed by atoms with Crippen molar-refractivity contribution >= 4 is 27.5 Å². The van der Waals surface area contributed by atoms with E-state index in [1.807, 2.05) is 13.8 Å². The number of hydrogen-bond donors (Lipinski definition) is 1. The van der Waals surface area contributed by atoms with Crippen LogP contribution in [0.15, 0.2) is 16.6 Å². The van der Waals surface area contributed by atoms with Gasteiger partial charge in [0, 0.05) is 5.69 Å². The number of aryl methyl sites for hydroxylation is 1. The highest BCUT2D eigenvalue weighted by Crippen LogP contribution is 2.25. The van der Waals surface area contributed by atoms with Gasteiger partial charge in [-0.25, -0.2) is 4.39 Å². The molecule has 1 saturated heterocycles. The van der Waals surface area contributed by atoms with E-state index in [1.165, 1.54) is 6.07 Å². The van der Waals surface area contributed by atoms with Crippen LogP contribution in [0.5, 0.6) is 0 Å². The van der Waals surface area contributed by atoms with Crippen LogP contribution in [-0.4, -0.2) is 18.1 Å². The number of anilines is 1. The van der Waals surface area contributed by atoms with Gasteiger partial charge >= 0.3 is 0 Å². The number of hydrogen-bond acceptors (Lipinski definition) is 2. The summed E-state index contributed by atoms with van der Waals surface area (Å²) in [5, 5.41) is 2.72. The Morgan fingerprint density at radius 1 is 1.50 bits per heavy atom. The number of amides is 1. The largest absolute Gasteiger partial charge is 0.365 e. The second kappa shape index (κ2) is 5.36. The molecule has 1 aromatic rings. The Labute approximate surface area is 114 Å². The Bertz CT molecular complexity index is 478. The fraction of sp³-hybridized carbons (Fsp3) is 0.462. The Morgan fingerprint density at radius 3 is 2.83 bits per heavy atom. The molecule has 1 heterocycles. The third-order valence-electron chi connectivity index (χ3n) is 3.05. The van der Waals surface area contributed by atoms with Gasteiger partial charge in [0.15, 0.2) is 0 Å². The van der Waals surface area contributed by atoms with Gasteiger partial charge in [-0.2, -0.15) is 0 Å². The third kappa shape index (κ3) is 2.90. The van der Waals surface area contributed by atoms with E-state index < -0.39 is 11.9 Å². The lowest BCUT2D eigenvalue weighted by molar-refractivity contribution is -0.126. The highest BCUT2D eigenvalue weighted by molar-refractivity contribution is 9.10. The lowest BCUT2D eigenvalue weighted by atomic mass is 10.1. The van der Waals surface area contributed by atoms with Gasteiger partial charge in [0.1, 0.15) is 11.9 Å². The number of halogens is 2. The van der Waals surface area contributed by atoms with E-state index in [1.54, 1.807) is 6.07 Å². The van der Waals surface area contributed by atoms with Crippen molar-refractivity contribution in [3.05, 3.63) is 28.0 Å². The molecule has 1 aromatic carbocycles. The average molecular weight is 316 g/mol. The maximum Gasteiger partial charge on any atom is 0.253 e. The van der Waals surface area contributed by atoms with Crippen molar-refractivity contribution in [1.82, 2.24) is 0 Å². The minimum atomic E-state index is -0.425. The number of carbonyl (C=O) groups excluding carboxylic acids is 1. The van der Waals surface area contributed by atoms with Crippen molar-refractivity contribution in [3.63, 3.8) is 0 Å². The molecule has 5 heteroatoms. The van der Waals surface area contributed by atoms with Crippen molar-refractivity contribution in [2.45, 2.75) is 38.9 Å². The van der Waals surface area contributed by atoms with Crippen molar-refractivity contribution in [1.29, 1.82) is 0 Å². The van der Waals surface area contributed by atoms with E-state index in [0.29, 0.717) is 16.6 Å². The van der Waals surface area contributed by atoms with Gasteiger partial charge in [0.2, 0.25) is 0 Å². The second-order valence-corrected chi connectivity index (χ2v) is 5.44. The zero-order valence-corrected chi connectivity index (χ0v) is 11.9. The number of carbonyl (C=O) groups is 1. The molecule has 2 atom stereocenters. The van der Waals surface area contributed by atoms with Gasteiger partial charge in [-0.05, 0) is 60.3 Å². The molecule has 2 unspecified atom stereocenters. The Kier molecular flexibility index (Phi) is 4.02. The van der Waals surface area contributed by atoms with Crippen LogP contribution in [0, 0.1) is 12.7 Å². The topological polar surface area (TPSA) is 38.3 Å². The molecule has 1 aliphatic rings. The molecule has 1 aliphatic heterocycles. The SMILES string of the molecule is Cc1cc(Br)c(F)cc1NC(=O)C1CCC(C)O1. The molecule has 1 fully saturated rings. The van der Waals surface area contributed by atoms with Crippen molar-refractivity contribution in [2.75, 3.05) is 5.32 Å². The first-order valence-corrected chi connectivity index (χ1v) is 6.68. The number of nitrogens with one attached hydrogen (secondary N) is 1. The van der Waals surface area contributed by atoms with Gasteiger partial charge in [-0.1, -0.05) is 0 Å². The molecule has 0 aliphatic carbocycles. The predicted molar refractivity (Wildman–Crippen MR) is 71.0 cm³/mol. The molecule has 3 nitrogen and oxygen atoms in total. The Morgan fingerprint density at radius 2 is 2.22 bits per heavy atom. The summed E-state index contributed by atoms with van der Waals surface area (Å²) in [6.07, 6.45) is 1.28. The van der Waals surface area contributed by atoms with Crippen LogP contribution in [0.2, 0.25) is 0 Å². The lowest BCUT2D eigenvalue weighted by Gasteiger charge is -2.13. The molecular weight excluding hydrogens is 301 g/mol. The molecule has 0 aromatic heterocycles. The normalized spacial score (nSPS) is 23.1. The van der Waals surface area contributed by atoms with Crippen LogP contribution in [0.25, 0.3) is 0 Å². The van der Waals surface area contributed by atoms with Crippen LogP contribution in [-0.2, 0) is 9.53 Å². The minimum absolute atomic E-state index is 0.114.